The fourth-order valence-corrected chi connectivity index (χ4v) is 2.59. The zero-order valence-corrected chi connectivity index (χ0v) is 11.2. The number of hydrogen-bond donors (Lipinski definition) is 3. The van der Waals surface area contributed by atoms with Crippen molar-refractivity contribution in [2.24, 2.45) is 11.7 Å². The fraction of sp³-hybridized carbons (Fsp3) is 0.571. The Morgan fingerprint density at radius 1 is 1.58 bits per heavy atom. The van der Waals surface area contributed by atoms with Gasteiger partial charge in [0.1, 0.15) is 5.69 Å². The number of rotatable bonds is 4. The molecule has 0 spiro atoms. The Morgan fingerprint density at radius 2 is 2.26 bits per heavy atom. The van der Waals surface area contributed by atoms with Gasteiger partial charge < -0.3 is 16.2 Å². The van der Waals surface area contributed by atoms with Gasteiger partial charge in [-0.05, 0) is 43.7 Å². The number of carbonyl (C=O) groups excluding carboxylic acids is 1. The Balaban J connectivity index is 2.14. The smallest absolute Gasteiger partial charge is 0.267 e. The second-order valence-corrected chi connectivity index (χ2v) is 5.54. The number of hydrogen-bond acceptors (Lipinski definition) is 4. The minimum absolute atomic E-state index is 0.0912. The Labute approximate surface area is 113 Å². The van der Waals surface area contributed by atoms with E-state index in [0.29, 0.717) is 5.92 Å². The van der Waals surface area contributed by atoms with Crippen LogP contribution in [-0.4, -0.2) is 28.1 Å². The van der Waals surface area contributed by atoms with E-state index in [1.54, 1.807) is 18.3 Å². The highest BCUT2D eigenvalue weighted by Gasteiger charge is 2.33. The van der Waals surface area contributed by atoms with E-state index < -0.39 is 5.91 Å². The number of aliphatic hydroxyl groups is 1. The second kappa shape index (κ2) is 5.57. The van der Waals surface area contributed by atoms with Gasteiger partial charge in [-0.15, -0.1) is 0 Å². The molecule has 104 valence electrons. The first-order valence-corrected chi connectivity index (χ1v) is 6.69. The van der Waals surface area contributed by atoms with E-state index in [9.17, 15) is 9.90 Å². The average Bonchev–Trinajstić information content (AvgIpc) is 2.42. The quantitative estimate of drug-likeness (QED) is 0.768. The van der Waals surface area contributed by atoms with Crippen molar-refractivity contribution in [2.45, 2.75) is 38.1 Å². The lowest BCUT2D eigenvalue weighted by Gasteiger charge is -2.39. The van der Waals surface area contributed by atoms with Gasteiger partial charge in [-0.3, -0.25) is 9.78 Å². The Hall–Kier alpha value is -1.62. The molecule has 0 atom stereocenters. The zero-order chi connectivity index (χ0) is 13.9. The van der Waals surface area contributed by atoms with Gasteiger partial charge in [-0.25, -0.2) is 0 Å². The third-order valence-electron chi connectivity index (χ3n) is 3.96. The number of amides is 1. The molecule has 5 heteroatoms. The van der Waals surface area contributed by atoms with Gasteiger partial charge >= 0.3 is 0 Å². The number of carbonyl (C=O) groups is 1. The maximum atomic E-state index is 11.1. The molecule has 0 aliphatic heterocycles. The molecule has 1 fully saturated rings. The molecule has 1 aromatic heterocycles. The Bertz CT molecular complexity index is 454. The number of aromatic nitrogens is 1. The van der Waals surface area contributed by atoms with E-state index >= 15 is 0 Å². The molecule has 1 aliphatic rings. The Kier molecular flexibility index (Phi) is 4.04. The van der Waals surface area contributed by atoms with E-state index in [2.05, 4.69) is 17.2 Å². The summed E-state index contributed by atoms with van der Waals surface area (Å²) in [6.45, 7) is 2.33. The normalized spacial score (nSPS) is 26.9. The number of primary amides is 1. The molecular weight excluding hydrogens is 242 g/mol. The van der Waals surface area contributed by atoms with E-state index in [-0.39, 0.29) is 17.8 Å². The van der Waals surface area contributed by atoms with Crippen LogP contribution in [0.4, 0.5) is 5.69 Å². The molecule has 0 aromatic carbocycles. The lowest BCUT2D eigenvalue weighted by molar-refractivity contribution is 0.0995. The summed E-state index contributed by atoms with van der Waals surface area (Å²) in [5, 5.41) is 13.1. The third kappa shape index (κ3) is 3.23. The highest BCUT2D eigenvalue weighted by atomic mass is 16.3. The SMILES string of the molecule is CC1CCC(CO)(Nc2ccnc(C(N)=O)c2)CC1. The van der Waals surface area contributed by atoms with Crippen molar-refractivity contribution in [2.75, 3.05) is 11.9 Å². The largest absolute Gasteiger partial charge is 0.394 e. The summed E-state index contributed by atoms with van der Waals surface area (Å²) in [6, 6.07) is 3.43. The van der Waals surface area contributed by atoms with Crippen LogP contribution in [0.15, 0.2) is 18.3 Å². The topological polar surface area (TPSA) is 88.2 Å². The van der Waals surface area contributed by atoms with Gasteiger partial charge in [0.05, 0.1) is 12.1 Å². The molecule has 0 radical (unpaired) electrons. The maximum Gasteiger partial charge on any atom is 0.267 e. The van der Waals surface area contributed by atoms with Gasteiger partial charge in [0.2, 0.25) is 0 Å². The molecule has 0 unspecified atom stereocenters. The molecule has 5 nitrogen and oxygen atoms in total. The van der Waals surface area contributed by atoms with Crippen LogP contribution in [0.5, 0.6) is 0 Å². The van der Waals surface area contributed by atoms with Crippen molar-refractivity contribution in [1.82, 2.24) is 4.98 Å². The number of pyridine rings is 1. The van der Waals surface area contributed by atoms with E-state index in [1.165, 1.54) is 0 Å². The highest BCUT2D eigenvalue weighted by molar-refractivity contribution is 5.91. The summed E-state index contributed by atoms with van der Waals surface area (Å²) in [5.41, 5.74) is 5.95. The first-order valence-electron chi connectivity index (χ1n) is 6.69. The van der Waals surface area contributed by atoms with E-state index in [4.69, 9.17) is 5.73 Å². The fourth-order valence-electron chi connectivity index (χ4n) is 2.59. The molecule has 0 saturated heterocycles. The van der Waals surface area contributed by atoms with E-state index in [1.807, 2.05) is 0 Å². The van der Waals surface area contributed by atoms with Crippen LogP contribution >= 0.6 is 0 Å². The molecule has 1 saturated carbocycles. The summed E-state index contributed by atoms with van der Waals surface area (Å²) < 4.78 is 0. The number of nitrogens with two attached hydrogens (primary N) is 1. The summed E-state index contributed by atoms with van der Waals surface area (Å²) in [5.74, 6) is 0.166. The molecule has 4 N–H and O–H groups in total. The first-order chi connectivity index (χ1) is 9.04. The molecule has 1 amide bonds. The van der Waals surface area contributed by atoms with Crippen LogP contribution < -0.4 is 11.1 Å². The zero-order valence-electron chi connectivity index (χ0n) is 11.2. The monoisotopic (exact) mass is 263 g/mol. The van der Waals surface area contributed by atoms with Crippen LogP contribution in [0.1, 0.15) is 43.1 Å². The van der Waals surface area contributed by atoms with Gasteiger partial charge in [-0.2, -0.15) is 0 Å². The van der Waals surface area contributed by atoms with Gasteiger partial charge in [0.15, 0.2) is 0 Å². The van der Waals surface area contributed by atoms with Gasteiger partial charge in [0.25, 0.3) is 5.91 Å². The minimum atomic E-state index is -0.543. The molecule has 2 rings (SSSR count). The molecule has 0 bridgehead atoms. The van der Waals surface area contributed by atoms with Crippen LogP contribution in [0.25, 0.3) is 0 Å². The van der Waals surface area contributed by atoms with Crippen molar-refractivity contribution < 1.29 is 9.90 Å². The summed E-state index contributed by atoms with van der Waals surface area (Å²) in [7, 11) is 0. The standard InChI is InChI=1S/C14H21N3O2/c1-10-2-5-14(9-18,6-3-10)17-11-4-7-16-12(8-11)13(15)19/h4,7-8,10,18H,2-3,5-6,9H2,1H3,(H2,15,19)(H,16,17). The summed E-state index contributed by atoms with van der Waals surface area (Å²) in [4.78, 5) is 15.0. The molecule has 1 aliphatic carbocycles. The number of aliphatic hydroxyl groups excluding tert-OH is 1. The van der Waals surface area contributed by atoms with E-state index in [0.717, 1.165) is 31.4 Å². The first kappa shape index (κ1) is 13.8. The van der Waals surface area contributed by atoms with Crippen LogP contribution in [0.3, 0.4) is 0 Å². The lowest BCUT2D eigenvalue weighted by Crippen LogP contribution is -2.45. The van der Waals surface area contributed by atoms with Crippen molar-refractivity contribution in [3.05, 3.63) is 24.0 Å². The number of anilines is 1. The summed E-state index contributed by atoms with van der Waals surface area (Å²) >= 11 is 0. The van der Waals surface area contributed by atoms with Crippen LogP contribution in [0, 0.1) is 5.92 Å². The van der Waals surface area contributed by atoms with Crippen molar-refractivity contribution in [1.29, 1.82) is 0 Å². The van der Waals surface area contributed by atoms with Gasteiger partial charge in [-0.1, -0.05) is 6.92 Å². The predicted molar refractivity (Wildman–Crippen MR) is 73.8 cm³/mol. The molecule has 1 aromatic rings. The number of nitrogens with zero attached hydrogens (tertiary/aromatic N) is 1. The molecule has 1 heterocycles. The van der Waals surface area contributed by atoms with Crippen molar-refractivity contribution in [3.63, 3.8) is 0 Å². The molecular formula is C14H21N3O2. The van der Waals surface area contributed by atoms with Crippen LogP contribution in [-0.2, 0) is 0 Å². The summed E-state index contributed by atoms with van der Waals surface area (Å²) in [6.07, 6.45) is 5.61. The van der Waals surface area contributed by atoms with Crippen molar-refractivity contribution >= 4 is 11.6 Å². The lowest BCUT2D eigenvalue weighted by atomic mass is 9.77. The number of nitrogens with one attached hydrogen (secondary N) is 1. The third-order valence-corrected chi connectivity index (χ3v) is 3.96. The van der Waals surface area contributed by atoms with Crippen LogP contribution in [0.2, 0.25) is 0 Å². The van der Waals surface area contributed by atoms with Crippen molar-refractivity contribution in [3.8, 4) is 0 Å². The second-order valence-electron chi connectivity index (χ2n) is 5.54. The van der Waals surface area contributed by atoms with Gasteiger partial charge in [0, 0.05) is 11.9 Å². The molecule has 19 heavy (non-hydrogen) atoms. The minimum Gasteiger partial charge on any atom is -0.394 e. The predicted octanol–water partition coefficient (Wildman–Crippen LogP) is 1.53. The maximum absolute atomic E-state index is 11.1. The average molecular weight is 263 g/mol. The highest BCUT2D eigenvalue weighted by Crippen LogP contribution is 2.34. The Morgan fingerprint density at radius 3 is 2.84 bits per heavy atom.